The van der Waals surface area contributed by atoms with E-state index in [2.05, 4.69) is 20.3 Å². The molecule has 2 aliphatic heterocycles. The van der Waals surface area contributed by atoms with E-state index in [4.69, 9.17) is 15.6 Å². The van der Waals surface area contributed by atoms with Crippen molar-refractivity contribution in [1.29, 1.82) is 0 Å². The van der Waals surface area contributed by atoms with Gasteiger partial charge in [0, 0.05) is 37.7 Å². The van der Waals surface area contributed by atoms with Crippen molar-refractivity contribution in [3.05, 3.63) is 47.7 Å². The Morgan fingerprint density at radius 1 is 1.35 bits per heavy atom. The largest absolute Gasteiger partial charge is 0.490 e. The van der Waals surface area contributed by atoms with E-state index in [0.717, 1.165) is 34.7 Å². The molecule has 4 atom stereocenters. The lowest BCUT2D eigenvalue weighted by Gasteiger charge is -2.32. The lowest BCUT2D eigenvalue weighted by molar-refractivity contribution is -0.0719. The van der Waals surface area contributed by atoms with Crippen molar-refractivity contribution < 1.29 is 25.1 Å². The van der Waals surface area contributed by atoms with Gasteiger partial charge in [-0.3, -0.25) is 9.97 Å². The number of hydrogen-bond donors (Lipinski definition) is 2. The zero-order valence-electron chi connectivity index (χ0n) is 19.7. The van der Waals surface area contributed by atoms with Gasteiger partial charge in [0.2, 0.25) is 5.88 Å². The third-order valence-electron chi connectivity index (χ3n) is 5.97. The van der Waals surface area contributed by atoms with Gasteiger partial charge in [-0.2, -0.15) is 0 Å². The van der Waals surface area contributed by atoms with E-state index < -0.39 is 24.4 Å². The molecule has 8 nitrogen and oxygen atoms in total. The fourth-order valence-electron chi connectivity index (χ4n) is 4.13. The monoisotopic (exact) mass is 487 g/mol. The molecule has 2 unspecified atom stereocenters. The molecule has 2 N–H and O–H groups in total. The molecule has 0 amide bonds. The average molecular weight is 488 g/mol. The fraction of sp³-hybridized carbons (Fsp3) is 0.458. The van der Waals surface area contributed by atoms with Gasteiger partial charge in [-0.05, 0) is 25.0 Å². The standard InChI is InChI=1S/C24H27FN4O4S/c1-31-23-5-3-18-24(29-23)16(17(25)11-28-18)9-19(30)20-4-2-14(13-33-20)26-10-15-8-22-21(12-27-15)32-6-7-34-22/h3,5,8,11-12,14,19-20,26,30H,2,4,6-7,9-10,13H2,1H3/t14-,19?,20+/m1/s1/i9D/t9?,14-,19?,20+. The first-order valence-corrected chi connectivity index (χ1v) is 12.2. The van der Waals surface area contributed by atoms with Gasteiger partial charge in [-0.15, -0.1) is 11.8 Å². The van der Waals surface area contributed by atoms with Crippen molar-refractivity contribution in [1.82, 2.24) is 20.3 Å². The molecule has 10 heteroatoms. The first-order chi connectivity index (χ1) is 17.0. The molecule has 0 saturated carbocycles. The molecule has 1 fully saturated rings. The summed E-state index contributed by atoms with van der Waals surface area (Å²) in [6, 6.07) is 5.41. The van der Waals surface area contributed by atoms with Crippen molar-refractivity contribution in [3.8, 4) is 11.6 Å². The topological polar surface area (TPSA) is 98.6 Å². The maximum atomic E-state index is 14.7. The molecule has 0 bridgehead atoms. The van der Waals surface area contributed by atoms with Crippen molar-refractivity contribution in [2.45, 2.75) is 48.9 Å². The van der Waals surface area contributed by atoms with Crippen molar-refractivity contribution in [2.24, 2.45) is 0 Å². The third kappa shape index (κ3) is 5.10. The summed E-state index contributed by atoms with van der Waals surface area (Å²) in [5.41, 5.74) is 1.56. The molecule has 34 heavy (non-hydrogen) atoms. The zero-order chi connectivity index (χ0) is 24.4. The van der Waals surface area contributed by atoms with Gasteiger partial charge in [0.1, 0.15) is 5.82 Å². The van der Waals surface area contributed by atoms with Gasteiger partial charge in [-0.1, -0.05) is 0 Å². The fourth-order valence-corrected chi connectivity index (χ4v) is 4.99. The minimum atomic E-state index is -1.28. The molecule has 0 aliphatic carbocycles. The number of pyridine rings is 3. The van der Waals surface area contributed by atoms with Gasteiger partial charge < -0.3 is 24.6 Å². The van der Waals surface area contributed by atoms with Gasteiger partial charge in [-0.25, -0.2) is 9.37 Å². The lowest BCUT2D eigenvalue weighted by atomic mass is 9.96. The van der Waals surface area contributed by atoms with Crippen LogP contribution < -0.4 is 14.8 Å². The van der Waals surface area contributed by atoms with Crippen LogP contribution in [0.4, 0.5) is 4.39 Å². The average Bonchev–Trinajstić information content (AvgIpc) is 2.91. The summed E-state index contributed by atoms with van der Waals surface area (Å²) in [4.78, 5) is 13.9. The maximum Gasteiger partial charge on any atom is 0.213 e. The summed E-state index contributed by atoms with van der Waals surface area (Å²) in [6.07, 6.45) is 1.03. The highest BCUT2D eigenvalue weighted by Crippen LogP contribution is 2.32. The minimum Gasteiger partial charge on any atom is -0.490 e. The first kappa shape index (κ1) is 22.0. The van der Waals surface area contributed by atoms with Crippen LogP contribution in [0.15, 0.2) is 35.5 Å². The highest BCUT2D eigenvalue weighted by atomic mass is 32.2. The Labute approximate surface area is 202 Å². The molecule has 3 aromatic heterocycles. The molecule has 0 radical (unpaired) electrons. The molecule has 2 aliphatic rings. The molecule has 5 heterocycles. The van der Waals surface area contributed by atoms with Crippen LogP contribution in [0.3, 0.4) is 0 Å². The second-order valence-corrected chi connectivity index (χ2v) is 9.38. The van der Waals surface area contributed by atoms with Crippen LogP contribution >= 0.6 is 11.8 Å². The molecule has 0 aromatic carbocycles. The van der Waals surface area contributed by atoms with E-state index in [9.17, 15) is 9.50 Å². The Balaban J connectivity index is 1.20. The summed E-state index contributed by atoms with van der Waals surface area (Å²) < 4.78 is 40.0. The summed E-state index contributed by atoms with van der Waals surface area (Å²) in [5.74, 6) is 1.37. The Morgan fingerprint density at radius 2 is 2.26 bits per heavy atom. The number of ether oxygens (including phenoxy) is 3. The van der Waals surface area contributed by atoms with Crippen LogP contribution in [0, 0.1) is 5.82 Å². The minimum absolute atomic E-state index is 0.00872. The number of thioether (sulfide) groups is 1. The van der Waals surface area contributed by atoms with Gasteiger partial charge in [0.15, 0.2) is 5.75 Å². The van der Waals surface area contributed by atoms with Crippen LogP contribution in [-0.4, -0.2) is 64.4 Å². The SMILES string of the molecule is [2H]C(c1c(F)cnc2ccc(OC)nc12)C(O)[C@@H]1CC[C@@H](NCc2cc3c(cn2)OCCS3)CO1. The maximum absolute atomic E-state index is 14.7. The van der Waals surface area contributed by atoms with Crippen molar-refractivity contribution in [2.75, 3.05) is 26.1 Å². The van der Waals surface area contributed by atoms with E-state index in [0.29, 0.717) is 31.7 Å². The smallest absolute Gasteiger partial charge is 0.213 e. The van der Waals surface area contributed by atoms with Crippen molar-refractivity contribution >= 4 is 22.8 Å². The quantitative estimate of drug-likeness (QED) is 0.521. The number of rotatable bonds is 7. The second kappa shape index (κ2) is 10.4. The molecule has 5 rings (SSSR count). The van der Waals surface area contributed by atoms with E-state index in [1.807, 2.05) is 6.07 Å². The lowest BCUT2D eigenvalue weighted by Crippen LogP contribution is -2.44. The van der Waals surface area contributed by atoms with Crippen LogP contribution in [0.5, 0.6) is 11.6 Å². The van der Waals surface area contributed by atoms with Gasteiger partial charge >= 0.3 is 0 Å². The van der Waals surface area contributed by atoms with E-state index >= 15 is 0 Å². The third-order valence-corrected chi connectivity index (χ3v) is 6.98. The Hall–Kier alpha value is -2.53. The highest BCUT2D eigenvalue weighted by Gasteiger charge is 2.29. The predicted octanol–water partition coefficient (Wildman–Crippen LogP) is 2.90. The molecule has 3 aromatic rings. The normalized spacial score (nSPS) is 22.4. The molecule has 180 valence electrons. The highest BCUT2D eigenvalue weighted by molar-refractivity contribution is 7.99. The van der Waals surface area contributed by atoms with E-state index in [1.54, 1.807) is 30.1 Å². The number of nitrogens with one attached hydrogen (secondary N) is 1. The molecular formula is C24H27FN4O4S. The number of methoxy groups -OCH3 is 1. The first-order valence-electron chi connectivity index (χ1n) is 11.8. The van der Waals surface area contributed by atoms with Gasteiger partial charge in [0.25, 0.3) is 0 Å². The molecule has 0 spiro atoms. The van der Waals surface area contributed by atoms with Gasteiger partial charge in [0.05, 0.1) is 66.5 Å². The number of fused-ring (bicyclic) bond motifs is 2. The van der Waals surface area contributed by atoms with Crippen molar-refractivity contribution in [3.63, 3.8) is 0 Å². The summed E-state index contributed by atoms with van der Waals surface area (Å²) >= 11 is 1.77. The van der Waals surface area contributed by atoms with E-state index in [-0.39, 0.29) is 23.0 Å². The van der Waals surface area contributed by atoms with Crippen LogP contribution in [0.25, 0.3) is 11.0 Å². The molecular weight excluding hydrogens is 459 g/mol. The summed E-state index contributed by atoms with van der Waals surface area (Å²) in [7, 11) is 1.46. The summed E-state index contributed by atoms with van der Waals surface area (Å²) in [6.45, 7) is 1.68. The van der Waals surface area contributed by atoms with E-state index in [1.165, 1.54) is 7.11 Å². The number of aliphatic hydroxyl groups is 1. The van der Waals surface area contributed by atoms with Crippen LogP contribution in [-0.2, 0) is 17.7 Å². The van der Waals surface area contributed by atoms with Crippen LogP contribution in [0.2, 0.25) is 0 Å². The predicted molar refractivity (Wildman–Crippen MR) is 126 cm³/mol. The Bertz CT molecular complexity index is 1200. The number of halogens is 1. The Kier molecular flexibility index (Phi) is 6.71. The zero-order valence-corrected chi connectivity index (χ0v) is 19.6. The second-order valence-electron chi connectivity index (χ2n) is 8.24. The van der Waals surface area contributed by atoms with Crippen LogP contribution in [0.1, 0.15) is 25.5 Å². The number of nitrogens with zero attached hydrogens (tertiary/aromatic N) is 3. The Morgan fingerprint density at radius 3 is 3.09 bits per heavy atom. The number of aromatic nitrogens is 3. The number of aliphatic hydroxyl groups excluding tert-OH is 1. The number of hydrogen-bond acceptors (Lipinski definition) is 9. The summed E-state index contributed by atoms with van der Waals surface area (Å²) in [5, 5.41) is 14.4. The molecule has 1 saturated heterocycles.